The highest BCUT2D eigenvalue weighted by atomic mass is 16.5. The maximum Gasteiger partial charge on any atom is 0.274 e. The standard InChI is InChI=1S/C15H12N4O/c1-10-2-4-11(5-3-10)7-14-18-15(20-19-14)13-6-12(8-16)9-17-13/h2-6,9,17H,7H2,1H3. The van der Waals surface area contributed by atoms with Crippen LogP contribution < -0.4 is 0 Å². The summed E-state index contributed by atoms with van der Waals surface area (Å²) >= 11 is 0. The van der Waals surface area contributed by atoms with Gasteiger partial charge < -0.3 is 9.51 Å². The maximum atomic E-state index is 8.78. The molecule has 98 valence electrons. The lowest BCUT2D eigenvalue weighted by Gasteiger charge is -1.96. The average Bonchev–Trinajstić information content (AvgIpc) is 3.10. The molecule has 1 aromatic carbocycles. The van der Waals surface area contributed by atoms with Crippen molar-refractivity contribution >= 4 is 0 Å². The average molecular weight is 264 g/mol. The Labute approximate surface area is 115 Å². The minimum Gasteiger partial charge on any atom is -0.356 e. The number of H-pyrrole nitrogens is 1. The number of nitrogens with zero attached hydrogens (tertiary/aromatic N) is 3. The number of benzene rings is 1. The smallest absolute Gasteiger partial charge is 0.274 e. The van der Waals surface area contributed by atoms with E-state index in [0.717, 1.165) is 5.56 Å². The fourth-order valence-electron chi connectivity index (χ4n) is 1.91. The SMILES string of the molecule is Cc1ccc(Cc2noc(-c3cc(C#N)c[nH]3)n2)cc1. The molecule has 1 N–H and O–H groups in total. The summed E-state index contributed by atoms with van der Waals surface area (Å²) in [6.07, 6.45) is 2.23. The van der Waals surface area contributed by atoms with Crippen LogP contribution in [0.3, 0.4) is 0 Å². The molecule has 0 aliphatic rings. The molecule has 3 aromatic rings. The van der Waals surface area contributed by atoms with Crippen molar-refractivity contribution < 1.29 is 4.52 Å². The molecule has 0 atom stereocenters. The third kappa shape index (κ3) is 2.45. The predicted octanol–water partition coefficient (Wildman–Crippen LogP) is 2.84. The molecule has 20 heavy (non-hydrogen) atoms. The molecule has 0 spiro atoms. The molecule has 3 rings (SSSR count). The number of aromatic amines is 1. The third-order valence-electron chi connectivity index (χ3n) is 2.99. The molecule has 5 heteroatoms. The first-order valence-corrected chi connectivity index (χ1v) is 6.21. The minimum absolute atomic E-state index is 0.397. The van der Waals surface area contributed by atoms with Gasteiger partial charge in [0.25, 0.3) is 5.89 Å². The molecule has 2 aromatic heterocycles. The van der Waals surface area contributed by atoms with E-state index in [4.69, 9.17) is 9.78 Å². The lowest BCUT2D eigenvalue weighted by atomic mass is 10.1. The van der Waals surface area contributed by atoms with Gasteiger partial charge in [0.2, 0.25) is 0 Å². The van der Waals surface area contributed by atoms with Gasteiger partial charge in [-0.3, -0.25) is 0 Å². The molecule has 0 amide bonds. The summed E-state index contributed by atoms with van der Waals surface area (Å²) in [5.74, 6) is 1.02. The van der Waals surface area contributed by atoms with Crippen LogP contribution in [0.2, 0.25) is 0 Å². The zero-order chi connectivity index (χ0) is 13.9. The van der Waals surface area contributed by atoms with Gasteiger partial charge in [-0.2, -0.15) is 10.2 Å². The Morgan fingerprint density at radius 2 is 2.10 bits per heavy atom. The van der Waals surface area contributed by atoms with Crippen molar-refractivity contribution in [2.75, 3.05) is 0 Å². The van der Waals surface area contributed by atoms with Crippen molar-refractivity contribution in [3.8, 4) is 17.7 Å². The van der Waals surface area contributed by atoms with E-state index < -0.39 is 0 Å². The monoisotopic (exact) mass is 264 g/mol. The van der Waals surface area contributed by atoms with Crippen LogP contribution in [0, 0.1) is 18.3 Å². The zero-order valence-electron chi connectivity index (χ0n) is 10.9. The topological polar surface area (TPSA) is 78.5 Å². The van der Waals surface area contributed by atoms with E-state index in [1.807, 2.05) is 25.1 Å². The van der Waals surface area contributed by atoms with Gasteiger partial charge in [-0.05, 0) is 18.6 Å². The van der Waals surface area contributed by atoms with Gasteiger partial charge in [0.1, 0.15) is 11.8 Å². The number of nitriles is 1. The second kappa shape index (κ2) is 5.02. The van der Waals surface area contributed by atoms with E-state index in [9.17, 15) is 0 Å². The van der Waals surface area contributed by atoms with Gasteiger partial charge in [-0.1, -0.05) is 35.0 Å². The van der Waals surface area contributed by atoms with Crippen molar-refractivity contribution in [2.24, 2.45) is 0 Å². The van der Waals surface area contributed by atoms with Gasteiger partial charge >= 0.3 is 0 Å². The van der Waals surface area contributed by atoms with Crippen LogP contribution in [-0.4, -0.2) is 15.1 Å². The first-order chi connectivity index (χ1) is 9.74. The van der Waals surface area contributed by atoms with Crippen LogP contribution in [0.1, 0.15) is 22.5 Å². The fraction of sp³-hybridized carbons (Fsp3) is 0.133. The molecule has 0 bridgehead atoms. The first-order valence-electron chi connectivity index (χ1n) is 6.21. The minimum atomic E-state index is 0.397. The van der Waals surface area contributed by atoms with Gasteiger partial charge in [0, 0.05) is 12.6 Å². The number of nitrogens with one attached hydrogen (secondary N) is 1. The number of aryl methyl sites for hydroxylation is 1. The normalized spacial score (nSPS) is 10.4. The van der Waals surface area contributed by atoms with Crippen LogP contribution in [0.5, 0.6) is 0 Å². The highest BCUT2D eigenvalue weighted by molar-refractivity contribution is 5.51. The molecule has 0 saturated heterocycles. The molecule has 0 aliphatic heterocycles. The van der Waals surface area contributed by atoms with E-state index in [1.165, 1.54) is 5.56 Å². The van der Waals surface area contributed by atoms with Gasteiger partial charge in [0.15, 0.2) is 5.82 Å². The molecular formula is C15H12N4O. The second-order valence-electron chi connectivity index (χ2n) is 4.59. The van der Waals surface area contributed by atoms with E-state index in [0.29, 0.717) is 29.4 Å². The van der Waals surface area contributed by atoms with Crippen LogP contribution >= 0.6 is 0 Å². The molecule has 0 aliphatic carbocycles. The number of rotatable bonds is 3. The summed E-state index contributed by atoms with van der Waals surface area (Å²) < 4.78 is 5.20. The Hall–Kier alpha value is -2.87. The highest BCUT2D eigenvalue weighted by Crippen LogP contribution is 2.17. The fourth-order valence-corrected chi connectivity index (χ4v) is 1.91. The van der Waals surface area contributed by atoms with Crippen molar-refractivity contribution in [1.29, 1.82) is 5.26 Å². The molecular weight excluding hydrogens is 252 g/mol. The molecule has 0 radical (unpaired) electrons. The Morgan fingerprint density at radius 3 is 2.80 bits per heavy atom. The highest BCUT2D eigenvalue weighted by Gasteiger charge is 2.11. The summed E-state index contributed by atoms with van der Waals surface area (Å²) in [6.45, 7) is 2.05. The maximum absolute atomic E-state index is 8.78. The lowest BCUT2D eigenvalue weighted by Crippen LogP contribution is -1.90. The van der Waals surface area contributed by atoms with E-state index in [1.54, 1.807) is 12.3 Å². The molecule has 0 saturated carbocycles. The van der Waals surface area contributed by atoms with Crippen molar-refractivity contribution in [3.63, 3.8) is 0 Å². The molecule has 2 heterocycles. The lowest BCUT2D eigenvalue weighted by molar-refractivity contribution is 0.423. The van der Waals surface area contributed by atoms with Crippen LogP contribution in [0.15, 0.2) is 41.1 Å². The summed E-state index contributed by atoms with van der Waals surface area (Å²) in [4.78, 5) is 7.27. The third-order valence-corrected chi connectivity index (χ3v) is 2.99. The second-order valence-corrected chi connectivity index (χ2v) is 4.59. The van der Waals surface area contributed by atoms with Crippen LogP contribution in [-0.2, 0) is 6.42 Å². The van der Waals surface area contributed by atoms with Gasteiger partial charge in [-0.15, -0.1) is 0 Å². The molecule has 5 nitrogen and oxygen atoms in total. The van der Waals surface area contributed by atoms with Gasteiger partial charge in [0.05, 0.1) is 5.56 Å². The zero-order valence-corrected chi connectivity index (χ0v) is 10.9. The molecule has 0 fully saturated rings. The van der Waals surface area contributed by atoms with Crippen molar-refractivity contribution in [3.05, 3.63) is 59.0 Å². The Bertz CT molecular complexity index is 762. The van der Waals surface area contributed by atoms with Gasteiger partial charge in [-0.25, -0.2) is 0 Å². The van der Waals surface area contributed by atoms with Crippen LogP contribution in [0.25, 0.3) is 11.6 Å². The summed E-state index contributed by atoms with van der Waals surface area (Å²) in [7, 11) is 0. The first kappa shape index (κ1) is 12.2. The summed E-state index contributed by atoms with van der Waals surface area (Å²) in [5, 5.41) is 12.7. The molecule has 0 unspecified atom stereocenters. The van der Waals surface area contributed by atoms with E-state index in [2.05, 4.69) is 27.3 Å². The summed E-state index contributed by atoms with van der Waals surface area (Å²) in [5.41, 5.74) is 3.55. The summed E-state index contributed by atoms with van der Waals surface area (Å²) in [6, 6.07) is 11.9. The Balaban J connectivity index is 1.80. The Kier molecular flexibility index (Phi) is 3.05. The van der Waals surface area contributed by atoms with E-state index in [-0.39, 0.29) is 0 Å². The number of hydrogen-bond acceptors (Lipinski definition) is 4. The largest absolute Gasteiger partial charge is 0.356 e. The number of aromatic nitrogens is 3. The van der Waals surface area contributed by atoms with E-state index >= 15 is 0 Å². The van der Waals surface area contributed by atoms with Crippen molar-refractivity contribution in [2.45, 2.75) is 13.3 Å². The quantitative estimate of drug-likeness (QED) is 0.789. The van der Waals surface area contributed by atoms with Crippen LogP contribution in [0.4, 0.5) is 0 Å². The number of hydrogen-bond donors (Lipinski definition) is 1. The van der Waals surface area contributed by atoms with Crippen molar-refractivity contribution in [1.82, 2.24) is 15.1 Å². The predicted molar refractivity (Wildman–Crippen MR) is 72.8 cm³/mol. The Morgan fingerprint density at radius 1 is 1.30 bits per heavy atom.